The molecular weight excluding hydrogens is 292 g/mol. The number of amides is 2. The van der Waals surface area contributed by atoms with Gasteiger partial charge in [0.2, 0.25) is 5.91 Å². The van der Waals surface area contributed by atoms with E-state index in [4.69, 9.17) is 16.7 Å². The van der Waals surface area contributed by atoms with E-state index in [9.17, 15) is 9.59 Å². The Balaban J connectivity index is 1.79. The zero-order valence-electron chi connectivity index (χ0n) is 11.6. The maximum atomic E-state index is 11.9. The summed E-state index contributed by atoms with van der Waals surface area (Å²) in [5, 5.41) is 14.9. The quantitative estimate of drug-likeness (QED) is 0.711. The lowest BCUT2D eigenvalue weighted by Gasteiger charge is -2.17. The maximum absolute atomic E-state index is 11.9. The highest BCUT2D eigenvalue weighted by atomic mass is 35.5. The summed E-state index contributed by atoms with van der Waals surface area (Å²) in [6.07, 6.45) is 2.72. The first-order chi connectivity index (χ1) is 10.1. The number of carbonyl (C=O) groups is 2. The van der Waals surface area contributed by atoms with E-state index in [2.05, 4.69) is 10.6 Å². The number of hydrogen-bond acceptors (Lipinski definition) is 3. The van der Waals surface area contributed by atoms with Crippen molar-refractivity contribution in [3.05, 3.63) is 34.9 Å². The van der Waals surface area contributed by atoms with Crippen molar-refractivity contribution < 1.29 is 14.7 Å². The molecule has 1 aromatic rings. The van der Waals surface area contributed by atoms with Gasteiger partial charge in [0.15, 0.2) is 0 Å². The van der Waals surface area contributed by atoms with Crippen molar-refractivity contribution in [3.8, 4) is 0 Å². The third kappa shape index (κ3) is 5.02. The van der Waals surface area contributed by atoms with Crippen LogP contribution in [-0.2, 0) is 4.79 Å². The van der Waals surface area contributed by atoms with Crippen LogP contribution in [0, 0.1) is 5.92 Å². The third-order valence-corrected chi connectivity index (χ3v) is 3.71. The SMILES string of the molecule is O=C(CNC(=O)c1cccc(Cl)c1)NC(CCO)C1CC1. The summed E-state index contributed by atoms with van der Waals surface area (Å²) in [7, 11) is 0. The van der Waals surface area contributed by atoms with Crippen molar-refractivity contribution in [2.75, 3.05) is 13.2 Å². The molecule has 0 heterocycles. The van der Waals surface area contributed by atoms with Crippen LogP contribution < -0.4 is 10.6 Å². The summed E-state index contributed by atoms with van der Waals surface area (Å²) in [5.41, 5.74) is 0.421. The number of hydrogen-bond donors (Lipinski definition) is 3. The van der Waals surface area contributed by atoms with Gasteiger partial charge >= 0.3 is 0 Å². The zero-order valence-corrected chi connectivity index (χ0v) is 12.4. The van der Waals surface area contributed by atoms with Crippen LogP contribution in [0.3, 0.4) is 0 Å². The van der Waals surface area contributed by atoms with E-state index >= 15 is 0 Å². The Hall–Kier alpha value is -1.59. The minimum atomic E-state index is -0.335. The Bertz CT molecular complexity index is 517. The molecular formula is C15H19ClN2O3. The molecule has 1 unspecified atom stereocenters. The van der Waals surface area contributed by atoms with E-state index in [0.717, 1.165) is 12.8 Å². The highest BCUT2D eigenvalue weighted by Gasteiger charge is 2.31. The van der Waals surface area contributed by atoms with Gasteiger partial charge in [-0.3, -0.25) is 9.59 Å². The molecule has 114 valence electrons. The predicted octanol–water partition coefficient (Wildman–Crippen LogP) is 1.35. The molecule has 2 amide bonds. The molecule has 1 aliphatic rings. The monoisotopic (exact) mass is 310 g/mol. The van der Waals surface area contributed by atoms with Crippen molar-refractivity contribution >= 4 is 23.4 Å². The molecule has 1 aliphatic carbocycles. The lowest BCUT2D eigenvalue weighted by atomic mass is 10.1. The van der Waals surface area contributed by atoms with E-state index in [-0.39, 0.29) is 31.0 Å². The maximum Gasteiger partial charge on any atom is 0.251 e. The van der Waals surface area contributed by atoms with Gasteiger partial charge in [0, 0.05) is 23.2 Å². The van der Waals surface area contributed by atoms with Gasteiger partial charge in [0.25, 0.3) is 5.91 Å². The fourth-order valence-electron chi connectivity index (χ4n) is 2.21. The van der Waals surface area contributed by atoms with Gasteiger partial charge in [-0.1, -0.05) is 17.7 Å². The number of benzene rings is 1. The fraction of sp³-hybridized carbons (Fsp3) is 0.467. The molecule has 0 aromatic heterocycles. The van der Waals surface area contributed by atoms with Crippen LogP contribution in [0.1, 0.15) is 29.6 Å². The van der Waals surface area contributed by atoms with E-state index in [1.165, 1.54) is 0 Å². The molecule has 1 atom stereocenters. The summed E-state index contributed by atoms with van der Waals surface area (Å²) in [5.74, 6) is -0.113. The second-order valence-electron chi connectivity index (χ2n) is 5.22. The Morgan fingerprint density at radius 2 is 2.14 bits per heavy atom. The van der Waals surface area contributed by atoms with Crippen LogP contribution in [0.4, 0.5) is 0 Å². The first-order valence-corrected chi connectivity index (χ1v) is 7.42. The Morgan fingerprint density at radius 3 is 2.76 bits per heavy atom. The lowest BCUT2D eigenvalue weighted by Crippen LogP contribution is -2.43. The summed E-state index contributed by atoms with van der Waals surface area (Å²) in [4.78, 5) is 23.7. The Labute approximate surface area is 128 Å². The lowest BCUT2D eigenvalue weighted by molar-refractivity contribution is -0.121. The summed E-state index contributed by atoms with van der Waals surface area (Å²) in [6.45, 7) is -0.0314. The Morgan fingerprint density at radius 1 is 1.38 bits per heavy atom. The molecule has 1 saturated carbocycles. The van der Waals surface area contributed by atoms with Crippen molar-refractivity contribution in [3.63, 3.8) is 0 Å². The standard InChI is InChI=1S/C15H19ClN2O3/c16-12-3-1-2-11(8-12)15(21)17-9-14(20)18-13(6-7-19)10-4-5-10/h1-3,8,10,13,19H,4-7,9H2,(H,17,21)(H,18,20). The summed E-state index contributed by atoms with van der Waals surface area (Å²) in [6, 6.07) is 6.55. The molecule has 2 rings (SSSR count). The van der Waals surface area contributed by atoms with Gasteiger partial charge in [0.1, 0.15) is 0 Å². The number of carbonyl (C=O) groups excluding carboxylic acids is 2. The van der Waals surface area contributed by atoms with Gasteiger partial charge in [-0.2, -0.15) is 0 Å². The predicted molar refractivity (Wildman–Crippen MR) is 80.1 cm³/mol. The average molecular weight is 311 g/mol. The van der Waals surface area contributed by atoms with Crippen LogP contribution in [0.2, 0.25) is 5.02 Å². The first-order valence-electron chi connectivity index (χ1n) is 7.04. The van der Waals surface area contributed by atoms with E-state index in [0.29, 0.717) is 22.9 Å². The van der Waals surface area contributed by atoms with Crippen LogP contribution in [0.25, 0.3) is 0 Å². The minimum absolute atomic E-state index is 0.00516. The van der Waals surface area contributed by atoms with E-state index < -0.39 is 0 Å². The smallest absolute Gasteiger partial charge is 0.251 e. The summed E-state index contributed by atoms with van der Waals surface area (Å²) < 4.78 is 0. The molecule has 3 N–H and O–H groups in total. The van der Waals surface area contributed by atoms with Crippen molar-refractivity contribution in [2.45, 2.75) is 25.3 Å². The van der Waals surface area contributed by atoms with Gasteiger partial charge in [-0.15, -0.1) is 0 Å². The molecule has 1 aromatic carbocycles. The molecule has 0 radical (unpaired) electrons. The minimum Gasteiger partial charge on any atom is -0.396 e. The normalized spacial score (nSPS) is 15.3. The zero-order chi connectivity index (χ0) is 15.2. The highest BCUT2D eigenvalue weighted by molar-refractivity contribution is 6.30. The van der Waals surface area contributed by atoms with Crippen molar-refractivity contribution in [1.82, 2.24) is 10.6 Å². The van der Waals surface area contributed by atoms with Gasteiger partial charge in [-0.05, 0) is 43.4 Å². The number of nitrogens with one attached hydrogen (secondary N) is 2. The van der Waals surface area contributed by atoms with Gasteiger partial charge in [0.05, 0.1) is 6.54 Å². The van der Waals surface area contributed by atoms with Crippen LogP contribution in [0.5, 0.6) is 0 Å². The molecule has 0 saturated heterocycles. The van der Waals surface area contributed by atoms with Crippen molar-refractivity contribution in [1.29, 1.82) is 0 Å². The molecule has 21 heavy (non-hydrogen) atoms. The Kier molecular flexibility index (Phi) is 5.59. The van der Waals surface area contributed by atoms with E-state index in [1.54, 1.807) is 24.3 Å². The topological polar surface area (TPSA) is 78.4 Å². The molecule has 5 nitrogen and oxygen atoms in total. The van der Waals surface area contributed by atoms with Gasteiger partial charge in [-0.25, -0.2) is 0 Å². The van der Waals surface area contributed by atoms with E-state index in [1.807, 2.05) is 0 Å². The number of halogens is 1. The van der Waals surface area contributed by atoms with Crippen LogP contribution >= 0.6 is 11.6 Å². The second-order valence-corrected chi connectivity index (χ2v) is 5.65. The van der Waals surface area contributed by atoms with Crippen LogP contribution in [-0.4, -0.2) is 36.1 Å². The second kappa shape index (κ2) is 7.43. The average Bonchev–Trinajstić information content (AvgIpc) is 3.29. The molecule has 1 fully saturated rings. The van der Waals surface area contributed by atoms with Gasteiger partial charge < -0.3 is 15.7 Å². The number of aliphatic hydroxyl groups excluding tert-OH is 1. The molecule has 0 spiro atoms. The summed E-state index contributed by atoms with van der Waals surface area (Å²) >= 11 is 5.81. The molecule has 6 heteroatoms. The van der Waals surface area contributed by atoms with Crippen LogP contribution in [0.15, 0.2) is 24.3 Å². The molecule has 0 aliphatic heterocycles. The fourth-order valence-corrected chi connectivity index (χ4v) is 2.40. The molecule has 0 bridgehead atoms. The third-order valence-electron chi connectivity index (χ3n) is 3.47. The van der Waals surface area contributed by atoms with Crippen molar-refractivity contribution in [2.24, 2.45) is 5.92 Å². The first kappa shape index (κ1) is 15.8. The largest absolute Gasteiger partial charge is 0.396 e. The number of rotatable bonds is 7. The number of aliphatic hydroxyl groups is 1. The highest BCUT2D eigenvalue weighted by Crippen LogP contribution is 2.33.